The normalized spacial score (nSPS) is 28.7. The van der Waals surface area contributed by atoms with Crippen LogP contribution in [0.15, 0.2) is 36.4 Å². The van der Waals surface area contributed by atoms with Gasteiger partial charge in [-0.15, -0.1) is 0 Å². The number of carbonyl (C=O) groups is 1. The van der Waals surface area contributed by atoms with E-state index in [0.29, 0.717) is 18.4 Å². The minimum atomic E-state index is 0.142. The number of benzene rings is 1. The highest BCUT2D eigenvalue weighted by Crippen LogP contribution is 2.52. The van der Waals surface area contributed by atoms with Crippen LogP contribution in [0.2, 0.25) is 0 Å². The van der Waals surface area contributed by atoms with Crippen LogP contribution in [0, 0.1) is 17.8 Å². The number of carbonyl (C=O) groups excluding carboxylic acids is 1. The topological polar surface area (TPSA) is 38.3 Å². The molecule has 0 bridgehead atoms. The summed E-state index contributed by atoms with van der Waals surface area (Å²) >= 11 is 0. The van der Waals surface area contributed by atoms with E-state index in [1.165, 1.54) is 19.3 Å². The van der Waals surface area contributed by atoms with Gasteiger partial charge in [0, 0.05) is 5.92 Å². The zero-order chi connectivity index (χ0) is 14.7. The summed E-state index contributed by atoms with van der Waals surface area (Å²) < 4.78 is 5.57. The third-order valence-corrected chi connectivity index (χ3v) is 4.49. The van der Waals surface area contributed by atoms with Crippen LogP contribution in [0.1, 0.15) is 32.6 Å². The molecule has 3 rings (SSSR count). The fourth-order valence-electron chi connectivity index (χ4n) is 3.37. The Morgan fingerprint density at radius 3 is 3.05 bits per heavy atom. The molecule has 1 aromatic carbocycles. The molecule has 1 N–H and O–H groups in total. The highest BCUT2D eigenvalue weighted by molar-refractivity contribution is 5.96. The van der Waals surface area contributed by atoms with Gasteiger partial charge in [-0.05, 0) is 50.2 Å². The van der Waals surface area contributed by atoms with Gasteiger partial charge in [-0.25, -0.2) is 0 Å². The zero-order valence-corrected chi connectivity index (χ0v) is 12.5. The van der Waals surface area contributed by atoms with Crippen molar-refractivity contribution < 1.29 is 9.53 Å². The fourth-order valence-corrected chi connectivity index (χ4v) is 3.37. The molecule has 1 fully saturated rings. The number of rotatable bonds is 4. The molecular formula is C18H23NO2. The lowest BCUT2D eigenvalue weighted by molar-refractivity contribution is -0.117. The first-order valence-corrected chi connectivity index (χ1v) is 8.00. The average molecular weight is 285 g/mol. The molecule has 3 nitrogen and oxygen atoms in total. The summed E-state index contributed by atoms with van der Waals surface area (Å²) in [6.45, 7) is 2.55. The molecule has 2 aliphatic carbocycles. The molecule has 0 heterocycles. The van der Waals surface area contributed by atoms with Crippen molar-refractivity contribution in [3.63, 3.8) is 0 Å². The first-order valence-electron chi connectivity index (χ1n) is 8.00. The van der Waals surface area contributed by atoms with Crippen LogP contribution in [0.4, 0.5) is 5.69 Å². The van der Waals surface area contributed by atoms with E-state index >= 15 is 0 Å². The van der Waals surface area contributed by atoms with Crippen LogP contribution >= 0.6 is 0 Å². The lowest BCUT2D eigenvalue weighted by Gasteiger charge is -2.11. The number of ether oxygens (including phenoxy) is 1. The summed E-state index contributed by atoms with van der Waals surface area (Å²) in [4.78, 5) is 12.5. The first kappa shape index (κ1) is 14.2. The molecule has 2 aliphatic rings. The second-order valence-electron chi connectivity index (χ2n) is 5.90. The van der Waals surface area contributed by atoms with Crippen molar-refractivity contribution in [2.24, 2.45) is 17.8 Å². The fraction of sp³-hybridized carbons (Fsp3) is 0.500. The SMILES string of the molecule is CCOc1ccccc1NC(=O)C1C2/C=C\CCCCC21. The second kappa shape index (κ2) is 6.33. The summed E-state index contributed by atoms with van der Waals surface area (Å²) in [7, 11) is 0. The second-order valence-corrected chi connectivity index (χ2v) is 5.90. The van der Waals surface area contributed by atoms with Crippen LogP contribution < -0.4 is 10.1 Å². The Morgan fingerprint density at radius 2 is 2.19 bits per heavy atom. The number of anilines is 1. The number of hydrogen-bond acceptors (Lipinski definition) is 2. The van der Waals surface area contributed by atoms with Crippen LogP contribution in [0.3, 0.4) is 0 Å². The molecule has 112 valence electrons. The smallest absolute Gasteiger partial charge is 0.228 e. The van der Waals surface area contributed by atoms with Gasteiger partial charge in [0.25, 0.3) is 0 Å². The van der Waals surface area contributed by atoms with E-state index in [0.717, 1.165) is 17.9 Å². The average Bonchev–Trinajstić information content (AvgIpc) is 3.12. The summed E-state index contributed by atoms with van der Waals surface area (Å²) in [6.07, 6.45) is 9.33. The molecule has 1 aromatic rings. The maximum Gasteiger partial charge on any atom is 0.228 e. The number of fused-ring (bicyclic) bond motifs is 1. The third kappa shape index (κ3) is 3.12. The molecule has 3 unspecified atom stereocenters. The van der Waals surface area contributed by atoms with Crippen LogP contribution in [-0.4, -0.2) is 12.5 Å². The summed E-state index contributed by atoms with van der Waals surface area (Å²) in [5.41, 5.74) is 0.785. The first-order chi connectivity index (χ1) is 10.3. The standard InChI is InChI=1S/C18H23NO2/c1-2-21-16-12-8-7-11-15(16)19-18(20)17-13-9-5-3-4-6-10-14(13)17/h5,7-9,11-14,17H,2-4,6,10H2,1H3,(H,19,20)/b9-5-. The lowest BCUT2D eigenvalue weighted by atomic mass is 10.1. The Labute approximate surface area is 126 Å². The highest BCUT2D eigenvalue weighted by atomic mass is 16.5. The van der Waals surface area contributed by atoms with Crippen molar-refractivity contribution in [2.45, 2.75) is 32.6 Å². The van der Waals surface area contributed by atoms with Gasteiger partial charge in [-0.2, -0.15) is 0 Å². The molecule has 3 atom stereocenters. The van der Waals surface area contributed by atoms with E-state index in [1.54, 1.807) is 0 Å². The number of para-hydroxylation sites is 2. The van der Waals surface area contributed by atoms with Crippen molar-refractivity contribution >= 4 is 11.6 Å². The van der Waals surface area contributed by atoms with E-state index in [2.05, 4.69) is 17.5 Å². The maximum absolute atomic E-state index is 12.5. The van der Waals surface area contributed by atoms with E-state index < -0.39 is 0 Å². The molecule has 0 saturated heterocycles. The molecule has 0 spiro atoms. The minimum Gasteiger partial charge on any atom is -0.492 e. The molecule has 3 heteroatoms. The van der Waals surface area contributed by atoms with Gasteiger partial charge in [-0.3, -0.25) is 4.79 Å². The number of hydrogen-bond donors (Lipinski definition) is 1. The van der Waals surface area contributed by atoms with E-state index in [9.17, 15) is 4.79 Å². The van der Waals surface area contributed by atoms with Crippen molar-refractivity contribution in [3.8, 4) is 5.75 Å². The van der Waals surface area contributed by atoms with Gasteiger partial charge in [0.2, 0.25) is 5.91 Å². The molecule has 1 amide bonds. The molecule has 0 radical (unpaired) electrons. The zero-order valence-electron chi connectivity index (χ0n) is 12.5. The van der Waals surface area contributed by atoms with Crippen molar-refractivity contribution in [3.05, 3.63) is 36.4 Å². The van der Waals surface area contributed by atoms with Gasteiger partial charge in [0.15, 0.2) is 0 Å². The van der Waals surface area contributed by atoms with Gasteiger partial charge >= 0.3 is 0 Å². The van der Waals surface area contributed by atoms with Crippen molar-refractivity contribution in [1.29, 1.82) is 0 Å². The van der Waals surface area contributed by atoms with Crippen LogP contribution in [0.5, 0.6) is 5.75 Å². The van der Waals surface area contributed by atoms with E-state index in [-0.39, 0.29) is 11.8 Å². The van der Waals surface area contributed by atoms with E-state index in [4.69, 9.17) is 4.74 Å². The summed E-state index contributed by atoms with van der Waals surface area (Å²) in [6, 6.07) is 7.65. The van der Waals surface area contributed by atoms with Crippen LogP contribution in [-0.2, 0) is 4.79 Å². The molecule has 0 aromatic heterocycles. The third-order valence-electron chi connectivity index (χ3n) is 4.49. The highest BCUT2D eigenvalue weighted by Gasteiger charge is 2.52. The summed E-state index contributed by atoms with van der Waals surface area (Å²) in [5.74, 6) is 2.03. The Hall–Kier alpha value is -1.77. The number of nitrogens with one attached hydrogen (secondary N) is 1. The van der Waals surface area contributed by atoms with Crippen molar-refractivity contribution in [1.82, 2.24) is 0 Å². The molecule has 21 heavy (non-hydrogen) atoms. The number of allylic oxidation sites excluding steroid dienone is 2. The van der Waals surface area contributed by atoms with Gasteiger partial charge in [0.1, 0.15) is 5.75 Å². The molecular weight excluding hydrogens is 262 g/mol. The monoisotopic (exact) mass is 285 g/mol. The maximum atomic E-state index is 12.5. The van der Waals surface area contributed by atoms with E-state index in [1.807, 2.05) is 31.2 Å². The largest absolute Gasteiger partial charge is 0.492 e. The number of amides is 1. The Kier molecular flexibility index (Phi) is 4.28. The predicted octanol–water partition coefficient (Wildman–Crippen LogP) is 4.02. The summed E-state index contributed by atoms with van der Waals surface area (Å²) in [5, 5.41) is 3.06. The molecule has 1 saturated carbocycles. The van der Waals surface area contributed by atoms with Crippen LogP contribution in [0.25, 0.3) is 0 Å². The van der Waals surface area contributed by atoms with Gasteiger partial charge in [-0.1, -0.05) is 30.7 Å². The Morgan fingerprint density at radius 1 is 1.33 bits per heavy atom. The lowest BCUT2D eigenvalue weighted by Crippen LogP contribution is -2.16. The molecule has 0 aliphatic heterocycles. The Balaban J connectivity index is 1.67. The Bertz CT molecular complexity index is 538. The van der Waals surface area contributed by atoms with Gasteiger partial charge < -0.3 is 10.1 Å². The van der Waals surface area contributed by atoms with Gasteiger partial charge in [0.05, 0.1) is 12.3 Å². The predicted molar refractivity (Wildman–Crippen MR) is 84.3 cm³/mol. The quantitative estimate of drug-likeness (QED) is 0.849. The van der Waals surface area contributed by atoms with Crippen molar-refractivity contribution in [2.75, 3.05) is 11.9 Å². The minimum absolute atomic E-state index is 0.142.